The van der Waals surface area contributed by atoms with E-state index < -0.39 is 5.82 Å². The van der Waals surface area contributed by atoms with Gasteiger partial charge in [0.15, 0.2) is 0 Å². The lowest BCUT2D eigenvalue weighted by Gasteiger charge is -2.02. The van der Waals surface area contributed by atoms with Crippen molar-refractivity contribution >= 4 is 11.6 Å². The highest BCUT2D eigenvalue weighted by Crippen LogP contribution is 2.20. The maximum Gasteiger partial charge on any atom is 0.149 e. The first-order valence-electron chi connectivity index (χ1n) is 5.37. The van der Waals surface area contributed by atoms with Gasteiger partial charge in [-0.1, -0.05) is 41.6 Å². The largest absolute Gasteiger partial charge is 0.481 e. The van der Waals surface area contributed by atoms with Gasteiger partial charge in [0, 0.05) is 11.6 Å². The van der Waals surface area contributed by atoms with Gasteiger partial charge >= 0.3 is 0 Å². The Labute approximate surface area is 110 Å². The second-order valence-corrected chi connectivity index (χ2v) is 3.94. The summed E-state index contributed by atoms with van der Waals surface area (Å²) in [5.74, 6) is 5.72. The summed E-state index contributed by atoms with van der Waals surface area (Å²) in [6, 6.07) is 13.9. The minimum atomic E-state index is -0.495. The molecule has 0 heterocycles. The SMILES string of the molecule is Fc1cc(OCC#Cc2ccccc2)ccc1Cl. The van der Waals surface area contributed by atoms with Crippen LogP contribution in [0.4, 0.5) is 4.39 Å². The first-order chi connectivity index (χ1) is 8.75. The lowest BCUT2D eigenvalue weighted by molar-refractivity contribution is 0.368. The molecule has 0 aliphatic carbocycles. The molecule has 0 saturated carbocycles. The number of hydrogen-bond acceptors (Lipinski definition) is 1. The fourth-order valence-corrected chi connectivity index (χ4v) is 1.46. The van der Waals surface area contributed by atoms with Crippen LogP contribution < -0.4 is 4.74 Å². The second kappa shape index (κ2) is 6.09. The van der Waals surface area contributed by atoms with Crippen LogP contribution in [0.3, 0.4) is 0 Å². The third-order valence-corrected chi connectivity index (χ3v) is 2.52. The van der Waals surface area contributed by atoms with Gasteiger partial charge in [-0.2, -0.15) is 0 Å². The average Bonchev–Trinajstić information content (AvgIpc) is 2.40. The molecular weight excluding hydrogens is 251 g/mol. The Balaban J connectivity index is 1.93. The number of rotatable bonds is 2. The zero-order valence-corrected chi connectivity index (χ0v) is 10.2. The average molecular weight is 261 g/mol. The standard InChI is InChI=1S/C15H10ClFO/c16-14-9-8-13(11-15(14)17)18-10-4-7-12-5-2-1-3-6-12/h1-3,5-6,8-9,11H,10H2. The van der Waals surface area contributed by atoms with Crippen molar-refractivity contribution in [2.45, 2.75) is 0 Å². The van der Waals surface area contributed by atoms with Crippen LogP contribution in [-0.2, 0) is 0 Å². The minimum Gasteiger partial charge on any atom is -0.481 e. The molecule has 3 heteroatoms. The number of hydrogen-bond donors (Lipinski definition) is 0. The highest BCUT2D eigenvalue weighted by atomic mass is 35.5. The predicted octanol–water partition coefficient (Wildman–Crippen LogP) is 3.91. The van der Waals surface area contributed by atoms with Crippen LogP contribution in [0, 0.1) is 17.7 Å². The van der Waals surface area contributed by atoms with E-state index in [9.17, 15) is 4.39 Å². The predicted molar refractivity (Wildman–Crippen MR) is 70.2 cm³/mol. The van der Waals surface area contributed by atoms with Crippen molar-refractivity contribution in [1.82, 2.24) is 0 Å². The summed E-state index contributed by atoms with van der Waals surface area (Å²) in [5.41, 5.74) is 0.920. The Bertz CT molecular complexity index is 584. The molecule has 0 unspecified atom stereocenters. The third kappa shape index (κ3) is 3.51. The van der Waals surface area contributed by atoms with Crippen molar-refractivity contribution in [1.29, 1.82) is 0 Å². The molecule has 0 fully saturated rings. The van der Waals surface area contributed by atoms with Gasteiger partial charge in [-0.05, 0) is 24.3 Å². The van der Waals surface area contributed by atoms with Crippen molar-refractivity contribution in [2.75, 3.05) is 6.61 Å². The Kier molecular flexibility index (Phi) is 4.22. The van der Waals surface area contributed by atoms with Crippen molar-refractivity contribution in [3.8, 4) is 17.6 Å². The summed E-state index contributed by atoms with van der Waals surface area (Å²) < 4.78 is 18.4. The topological polar surface area (TPSA) is 9.23 Å². The van der Waals surface area contributed by atoms with E-state index in [1.807, 2.05) is 30.3 Å². The third-order valence-electron chi connectivity index (χ3n) is 2.21. The van der Waals surface area contributed by atoms with Crippen LogP contribution in [0.25, 0.3) is 0 Å². The van der Waals surface area contributed by atoms with E-state index in [0.717, 1.165) is 5.56 Å². The first-order valence-corrected chi connectivity index (χ1v) is 5.75. The van der Waals surface area contributed by atoms with Crippen molar-refractivity contribution < 1.29 is 9.13 Å². The molecule has 0 aromatic heterocycles. The van der Waals surface area contributed by atoms with Crippen LogP contribution in [0.1, 0.15) is 5.56 Å². The lowest BCUT2D eigenvalue weighted by Crippen LogP contribution is -1.94. The molecule has 0 amide bonds. The van der Waals surface area contributed by atoms with E-state index >= 15 is 0 Å². The Morgan fingerprint density at radius 2 is 1.89 bits per heavy atom. The van der Waals surface area contributed by atoms with Crippen LogP contribution in [0.5, 0.6) is 5.75 Å². The quantitative estimate of drug-likeness (QED) is 0.744. The van der Waals surface area contributed by atoms with E-state index in [2.05, 4.69) is 11.8 Å². The Morgan fingerprint density at radius 3 is 2.61 bits per heavy atom. The smallest absolute Gasteiger partial charge is 0.149 e. The van der Waals surface area contributed by atoms with Crippen LogP contribution in [0.2, 0.25) is 5.02 Å². The zero-order valence-electron chi connectivity index (χ0n) is 9.49. The second-order valence-electron chi connectivity index (χ2n) is 3.53. The number of halogens is 2. The molecule has 0 bridgehead atoms. The minimum absolute atomic E-state index is 0.0812. The van der Waals surface area contributed by atoms with E-state index in [1.54, 1.807) is 6.07 Å². The van der Waals surface area contributed by atoms with Crippen molar-refractivity contribution in [2.24, 2.45) is 0 Å². The molecule has 0 aliphatic heterocycles. The Hall–Kier alpha value is -1.98. The number of benzene rings is 2. The summed E-state index contributed by atoms with van der Waals surface area (Å²) in [7, 11) is 0. The number of ether oxygens (including phenoxy) is 1. The molecular formula is C15H10ClFO. The highest BCUT2D eigenvalue weighted by molar-refractivity contribution is 6.30. The van der Waals surface area contributed by atoms with Crippen LogP contribution >= 0.6 is 11.6 Å². The van der Waals surface area contributed by atoms with E-state index in [0.29, 0.717) is 5.75 Å². The summed E-state index contributed by atoms with van der Waals surface area (Å²) in [6.07, 6.45) is 0. The molecule has 0 spiro atoms. The summed E-state index contributed by atoms with van der Waals surface area (Å²) >= 11 is 5.56. The van der Waals surface area contributed by atoms with E-state index in [4.69, 9.17) is 16.3 Å². The van der Waals surface area contributed by atoms with Gasteiger partial charge in [0.2, 0.25) is 0 Å². The lowest BCUT2D eigenvalue weighted by atomic mass is 10.2. The molecule has 0 aliphatic rings. The van der Waals surface area contributed by atoms with Crippen LogP contribution in [-0.4, -0.2) is 6.61 Å². The summed E-state index contributed by atoms with van der Waals surface area (Å²) in [5, 5.41) is 0.0812. The maximum absolute atomic E-state index is 13.1. The highest BCUT2D eigenvalue weighted by Gasteiger charge is 2.00. The molecule has 0 saturated heterocycles. The van der Waals surface area contributed by atoms with Gasteiger partial charge in [-0.15, -0.1) is 0 Å². The molecule has 2 aromatic carbocycles. The fraction of sp³-hybridized carbons (Fsp3) is 0.0667. The zero-order chi connectivity index (χ0) is 12.8. The van der Waals surface area contributed by atoms with Gasteiger partial charge in [-0.25, -0.2) is 4.39 Å². The molecule has 0 radical (unpaired) electrons. The first kappa shape index (κ1) is 12.5. The summed E-state index contributed by atoms with van der Waals surface area (Å²) in [4.78, 5) is 0. The molecule has 2 aromatic rings. The van der Waals surface area contributed by atoms with Crippen molar-refractivity contribution in [3.63, 3.8) is 0 Å². The van der Waals surface area contributed by atoms with E-state index in [1.165, 1.54) is 12.1 Å². The molecule has 18 heavy (non-hydrogen) atoms. The van der Waals surface area contributed by atoms with Crippen LogP contribution in [0.15, 0.2) is 48.5 Å². The molecule has 0 atom stereocenters. The molecule has 0 N–H and O–H groups in total. The van der Waals surface area contributed by atoms with Crippen molar-refractivity contribution in [3.05, 3.63) is 64.9 Å². The Morgan fingerprint density at radius 1 is 1.11 bits per heavy atom. The van der Waals surface area contributed by atoms with Gasteiger partial charge in [0.1, 0.15) is 18.2 Å². The van der Waals surface area contributed by atoms with Gasteiger partial charge in [0.05, 0.1) is 5.02 Å². The van der Waals surface area contributed by atoms with Gasteiger partial charge < -0.3 is 4.74 Å². The summed E-state index contributed by atoms with van der Waals surface area (Å²) in [6.45, 7) is 0.204. The van der Waals surface area contributed by atoms with E-state index in [-0.39, 0.29) is 11.6 Å². The normalized spacial score (nSPS) is 9.44. The molecule has 1 nitrogen and oxygen atoms in total. The maximum atomic E-state index is 13.1. The fourth-order valence-electron chi connectivity index (χ4n) is 1.35. The van der Waals surface area contributed by atoms with Gasteiger partial charge in [-0.3, -0.25) is 0 Å². The van der Waals surface area contributed by atoms with Gasteiger partial charge in [0.25, 0.3) is 0 Å². The monoisotopic (exact) mass is 260 g/mol. The molecule has 90 valence electrons. The molecule has 2 rings (SSSR count).